The van der Waals surface area contributed by atoms with Crippen molar-refractivity contribution < 1.29 is 14.3 Å². The van der Waals surface area contributed by atoms with E-state index < -0.39 is 11.5 Å². The lowest BCUT2D eigenvalue weighted by Crippen LogP contribution is -2.42. The Labute approximate surface area is 191 Å². The topological polar surface area (TPSA) is 92.7 Å². The molecule has 0 atom stereocenters. The molecule has 0 unspecified atom stereocenters. The molecule has 4 rings (SSSR count). The highest BCUT2D eigenvalue weighted by atomic mass is 16.5. The number of nitrogens with zero attached hydrogens (tertiary/aromatic N) is 2. The predicted octanol–water partition coefficient (Wildman–Crippen LogP) is 2.15. The third kappa shape index (κ3) is 5.74. The number of hydrogen-bond donors (Lipinski definition) is 2. The minimum atomic E-state index is -0.401. The first kappa shape index (κ1) is 22.4. The van der Waals surface area contributed by atoms with E-state index in [2.05, 4.69) is 15.5 Å². The quantitative estimate of drug-likeness (QED) is 0.580. The zero-order chi connectivity index (χ0) is 23.0. The van der Waals surface area contributed by atoms with Gasteiger partial charge in [0, 0.05) is 49.3 Å². The van der Waals surface area contributed by atoms with Crippen molar-refractivity contribution in [3.05, 3.63) is 94.4 Å². The van der Waals surface area contributed by atoms with Crippen LogP contribution in [0.3, 0.4) is 0 Å². The Morgan fingerprint density at radius 2 is 1.61 bits per heavy atom. The van der Waals surface area contributed by atoms with Crippen LogP contribution in [0.5, 0.6) is 0 Å². The summed E-state index contributed by atoms with van der Waals surface area (Å²) in [6.07, 6.45) is 1.62. The van der Waals surface area contributed by atoms with Crippen molar-refractivity contribution in [1.29, 1.82) is 0 Å². The maximum atomic E-state index is 12.9. The van der Waals surface area contributed by atoms with Crippen LogP contribution in [0.25, 0.3) is 5.69 Å². The van der Waals surface area contributed by atoms with Crippen LogP contribution in [0, 0.1) is 0 Å². The highest BCUT2D eigenvalue weighted by Gasteiger charge is 2.14. The van der Waals surface area contributed by atoms with E-state index >= 15 is 0 Å². The molecular weight excluding hydrogens is 420 g/mol. The molecule has 0 aliphatic carbocycles. The molecule has 3 aromatic rings. The Kier molecular flexibility index (Phi) is 7.29. The molecule has 0 bridgehead atoms. The highest BCUT2D eigenvalue weighted by molar-refractivity contribution is 6.04. The number of pyridine rings is 1. The number of rotatable bonds is 7. The molecule has 1 fully saturated rings. The van der Waals surface area contributed by atoms with Crippen molar-refractivity contribution in [3.8, 4) is 5.69 Å². The fourth-order valence-electron chi connectivity index (χ4n) is 3.62. The number of hydrogen-bond acceptors (Lipinski definition) is 5. The van der Waals surface area contributed by atoms with Gasteiger partial charge in [0.1, 0.15) is 5.56 Å². The van der Waals surface area contributed by atoms with Crippen LogP contribution in [-0.2, 0) is 4.74 Å². The normalized spacial score (nSPS) is 13.9. The van der Waals surface area contributed by atoms with Gasteiger partial charge in [-0.05, 0) is 48.5 Å². The first-order valence-corrected chi connectivity index (χ1v) is 10.9. The van der Waals surface area contributed by atoms with Crippen LogP contribution in [0.2, 0.25) is 0 Å². The van der Waals surface area contributed by atoms with Gasteiger partial charge < -0.3 is 15.4 Å². The van der Waals surface area contributed by atoms with Gasteiger partial charge in [-0.15, -0.1) is 0 Å². The third-order valence-corrected chi connectivity index (χ3v) is 5.45. The van der Waals surface area contributed by atoms with E-state index in [4.69, 9.17) is 4.74 Å². The summed E-state index contributed by atoms with van der Waals surface area (Å²) in [7, 11) is 0. The van der Waals surface area contributed by atoms with Gasteiger partial charge in [0.25, 0.3) is 17.4 Å². The average Bonchev–Trinajstić information content (AvgIpc) is 2.86. The van der Waals surface area contributed by atoms with Gasteiger partial charge in [-0.1, -0.05) is 18.2 Å². The Hall–Kier alpha value is -3.75. The molecule has 2 amide bonds. The second-order valence-corrected chi connectivity index (χ2v) is 7.67. The van der Waals surface area contributed by atoms with Crippen LogP contribution < -0.4 is 16.2 Å². The Balaban J connectivity index is 1.40. The van der Waals surface area contributed by atoms with Gasteiger partial charge in [-0.2, -0.15) is 0 Å². The zero-order valence-corrected chi connectivity index (χ0v) is 18.2. The van der Waals surface area contributed by atoms with Crippen molar-refractivity contribution in [2.75, 3.05) is 44.7 Å². The van der Waals surface area contributed by atoms with E-state index in [1.165, 1.54) is 10.6 Å². The number of nitrogens with one attached hydrogen (secondary N) is 2. The SMILES string of the molecule is O=C(Nc1ccc(-n2cccc(C(=O)NCCN3CCOCC3)c2=O)cc1)c1ccccc1. The molecule has 8 heteroatoms. The predicted molar refractivity (Wildman–Crippen MR) is 126 cm³/mol. The molecule has 0 radical (unpaired) electrons. The van der Waals surface area contributed by atoms with E-state index in [0.717, 1.165) is 13.1 Å². The van der Waals surface area contributed by atoms with Gasteiger partial charge in [0.2, 0.25) is 0 Å². The second kappa shape index (κ2) is 10.7. The van der Waals surface area contributed by atoms with Gasteiger partial charge in [0.15, 0.2) is 0 Å². The zero-order valence-electron chi connectivity index (χ0n) is 18.2. The lowest BCUT2D eigenvalue weighted by atomic mass is 10.2. The summed E-state index contributed by atoms with van der Waals surface area (Å²) >= 11 is 0. The molecule has 1 aromatic heterocycles. The van der Waals surface area contributed by atoms with Crippen LogP contribution in [0.1, 0.15) is 20.7 Å². The molecule has 1 saturated heterocycles. The van der Waals surface area contributed by atoms with Crippen molar-refractivity contribution >= 4 is 17.5 Å². The van der Waals surface area contributed by atoms with Gasteiger partial charge >= 0.3 is 0 Å². The van der Waals surface area contributed by atoms with E-state index in [1.807, 2.05) is 6.07 Å². The van der Waals surface area contributed by atoms with Crippen molar-refractivity contribution in [3.63, 3.8) is 0 Å². The van der Waals surface area contributed by atoms with Crippen LogP contribution >= 0.6 is 0 Å². The summed E-state index contributed by atoms with van der Waals surface area (Å²) in [6.45, 7) is 4.26. The molecule has 1 aliphatic rings. The Bertz CT molecular complexity index is 1150. The first-order valence-electron chi connectivity index (χ1n) is 10.9. The maximum absolute atomic E-state index is 12.9. The fraction of sp³-hybridized carbons (Fsp3) is 0.240. The highest BCUT2D eigenvalue weighted by Crippen LogP contribution is 2.14. The Morgan fingerprint density at radius 1 is 0.879 bits per heavy atom. The van der Waals surface area contributed by atoms with E-state index in [9.17, 15) is 14.4 Å². The number of benzene rings is 2. The number of morpholine rings is 1. The molecule has 0 spiro atoms. The summed E-state index contributed by atoms with van der Waals surface area (Å²) in [5.74, 6) is -0.606. The number of carbonyl (C=O) groups excluding carboxylic acids is 2. The monoisotopic (exact) mass is 446 g/mol. The lowest BCUT2D eigenvalue weighted by molar-refractivity contribution is 0.0383. The van der Waals surface area contributed by atoms with E-state index in [-0.39, 0.29) is 11.5 Å². The standard InChI is InChI=1S/C25H26N4O4/c30-23(19-5-2-1-3-6-19)27-20-8-10-21(11-9-20)29-13-4-7-22(25(29)32)24(31)26-12-14-28-15-17-33-18-16-28/h1-11,13H,12,14-18H2,(H,26,31)(H,27,30). The molecule has 0 saturated carbocycles. The Morgan fingerprint density at radius 3 is 2.33 bits per heavy atom. The summed E-state index contributed by atoms with van der Waals surface area (Å²) in [6, 6.07) is 19.0. The van der Waals surface area contributed by atoms with Crippen LogP contribution in [0.15, 0.2) is 77.7 Å². The smallest absolute Gasteiger partial charge is 0.267 e. The third-order valence-electron chi connectivity index (χ3n) is 5.45. The van der Waals surface area contributed by atoms with Gasteiger partial charge in [0.05, 0.1) is 13.2 Å². The maximum Gasteiger partial charge on any atom is 0.267 e. The van der Waals surface area contributed by atoms with Gasteiger partial charge in [-0.25, -0.2) is 0 Å². The number of anilines is 1. The first-order chi connectivity index (χ1) is 16.1. The summed E-state index contributed by atoms with van der Waals surface area (Å²) in [5.41, 5.74) is 1.45. The lowest BCUT2D eigenvalue weighted by Gasteiger charge is -2.26. The molecular formula is C25H26N4O4. The molecule has 2 heterocycles. The van der Waals surface area contributed by atoms with Crippen molar-refractivity contribution in [2.24, 2.45) is 0 Å². The van der Waals surface area contributed by atoms with E-state index in [1.54, 1.807) is 60.8 Å². The molecule has 1 aliphatic heterocycles. The fourth-order valence-corrected chi connectivity index (χ4v) is 3.62. The summed E-state index contributed by atoms with van der Waals surface area (Å²) in [4.78, 5) is 40.0. The summed E-state index contributed by atoms with van der Waals surface area (Å²) in [5, 5.41) is 5.66. The molecule has 8 nitrogen and oxygen atoms in total. The van der Waals surface area contributed by atoms with Crippen LogP contribution in [0.4, 0.5) is 5.69 Å². The largest absolute Gasteiger partial charge is 0.379 e. The number of ether oxygens (including phenoxy) is 1. The molecule has 33 heavy (non-hydrogen) atoms. The second-order valence-electron chi connectivity index (χ2n) is 7.67. The molecule has 2 aromatic carbocycles. The minimum absolute atomic E-state index is 0.0842. The minimum Gasteiger partial charge on any atom is -0.379 e. The summed E-state index contributed by atoms with van der Waals surface area (Å²) < 4.78 is 6.74. The molecule has 2 N–H and O–H groups in total. The number of carbonyl (C=O) groups is 2. The average molecular weight is 447 g/mol. The van der Waals surface area contributed by atoms with E-state index in [0.29, 0.717) is 43.2 Å². The van der Waals surface area contributed by atoms with Crippen LogP contribution in [-0.4, -0.2) is 60.7 Å². The van der Waals surface area contributed by atoms with Crippen molar-refractivity contribution in [2.45, 2.75) is 0 Å². The number of aromatic nitrogens is 1. The molecule has 170 valence electrons. The van der Waals surface area contributed by atoms with Gasteiger partial charge in [-0.3, -0.25) is 23.9 Å². The number of amides is 2. The van der Waals surface area contributed by atoms with Crippen molar-refractivity contribution in [1.82, 2.24) is 14.8 Å².